The number of hydrazone groups is 1. The lowest BCUT2D eigenvalue weighted by Gasteiger charge is -2.15. The molecule has 23 heavy (non-hydrogen) atoms. The van der Waals surface area contributed by atoms with E-state index in [2.05, 4.69) is 15.8 Å². The Balaban J connectivity index is 1.92. The quantitative estimate of drug-likeness (QED) is 0.565. The van der Waals surface area contributed by atoms with Gasteiger partial charge in [0, 0.05) is 0 Å². The summed E-state index contributed by atoms with van der Waals surface area (Å²) in [4.78, 5) is 12.0. The molecule has 0 radical (unpaired) electrons. The number of nitrogens with zero attached hydrogens (tertiary/aromatic N) is 1. The third-order valence-electron chi connectivity index (χ3n) is 3.13. The highest BCUT2D eigenvalue weighted by Crippen LogP contribution is 2.23. The van der Waals surface area contributed by atoms with Crippen LogP contribution in [0, 0.1) is 0 Å². The number of anilines is 1. The third kappa shape index (κ3) is 4.74. The average molecular weight is 313 g/mol. The molecule has 0 saturated carbocycles. The molecule has 0 aliphatic carbocycles. The number of amides is 1. The fourth-order valence-electron chi connectivity index (χ4n) is 1.94. The summed E-state index contributed by atoms with van der Waals surface area (Å²) in [7, 11) is 1.57. The first-order chi connectivity index (χ1) is 11.1. The third-order valence-corrected chi connectivity index (χ3v) is 3.13. The molecular formula is C17H19N3O3. The van der Waals surface area contributed by atoms with Gasteiger partial charge in [0.1, 0.15) is 17.5 Å². The van der Waals surface area contributed by atoms with Crippen molar-refractivity contribution in [3.8, 4) is 11.5 Å². The van der Waals surface area contributed by atoms with Gasteiger partial charge in [-0.3, -0.25) is 4.79 Å². The molecule has 6 nitrogen and oxygen atoms in total. The molecule has 2 aromatic carbocycles. The van der Waals surface area contributed by atoms with E-state index in [1.165, 1.54) is 6.21 Å². The van der Waals surface area contributed by atoms with Crippen LogP contribution in [0.4, 0.5) is 5.69 Å². The van der Waals surface area contributed by atoms with Crippen LogP contribution in [-0.4, -0.2) is 30.4 Å². The number of aromatic hydroxyl groups is 1. The Morgan fingerprint density at radius 1 is 1.26 bits per heavy atom. The van der Waals surface area contributed by atoms with Crippen LogP contribution < -0.4 is 15.5 Å². The molecule has 2 rings (SSSR count). The lowest BCUT2D eigenvalue weighted by Crippen LogP contribution is -2.35. The molecule has 2 aromatic rings. The van der Waals surface area contributed by atoms with Crippen molar-refractivity contribution in [2.24, 2.45) is 5.10 Å². The van der Waals surface area contributed by atoms with E-state index in [9.17, 15) is 9.90 Å². The second kappa shape index (κ2) is 7.84. The molecule has 0 saturated heterocycles. The van der Waals surface area contributed by atoms with Crippen LogP contribution in [0.2, 0.25) is 0 Å². The zero-order valence-corrected chi connectivity index (χ0v) is 13.0. The minimum absolute atomic E-state index is 0.145. The number of methoxy groups -OCH3 is 1. The summed E-state index contributed by atoms with van der Waals surface area (Å²) in [5.41, 5.74) is 3.88. The van der Waals surface area contributed by atoms with E-state index in [4.69, 9.17) is 4.74 Å². The molecule has 0 bridgehead atoms. The molecule has 0 unspecified atom stereocenters. The van der Waals surface area contributed by atoms with Gasteiger partial charge >= 0.3 is 0 Å². The zero-order chi connectivity index (χ0) is 16.7. The van der Waals surface area contributed by atoms with Crippen LogP contribution >= 0.6 is 0 Å². The summed E-state index contributed by atoms with van der Waals surface area (Å²) in [5, 5.41) is 16.3. The topological polar surface area (TPSA) is 83.0 Å². The predicted molar refractivity (Wildman–Crippen MR) is 89.9 cm³/mol. The van der Waals surface area contributed by atoms with Crippen LogP contribution in [0.5, 0.6) is 11.5 Å². The number of ether oxygens (including phenoxy) is 1. The van der Waals surface area contributed by atoms with Crippen LogP contribution in [0.15, 0.2) is 53.6 Å². The number of phenols is 1. The molecule has 1 atom stereocenters. The van der Waals surface area contributed by atoms with Crippen molar-refractivity contribution in [1.29, 1.82) is 0 Å². The largest absolute Gasteiger partial charge is 0.508 e. The molecule has 1 amide bonds. The molecule has 0 aliphatic heterocycles. The van der Waals surface area contributed by atoms with Gasteiger partial charge in [-0.2, -0.15) is 5.10 Å². The van der Waals surface area contributed by atoms with Crippen molar-refractivity contribution in [1.82, 2.24) is 5.43 Å². The number of hydrogen-bond acceptors (Lipinski definition) is 5. The lowest BCUT2D eigenvalue weighted by molar-refractivity contribution is -0.121. The fraction of sp³-hybridized carbons (Fsp3) is 0.176. The Morgan fingerprint density at radius 3 is 2.78 bits per heavy atom. The lowest BCUT2D eigenvalue weighted by atomic mass is 10.2. The van der Waals surface area contributed by atoms with E-state index >= 15 is 0 Å². The van der Waals surface area contributed by atoms with E-state index in [-0.39, 0.29) is 11.7 Å². The van der Waals surface area contributed by atoms with E-state index in [1.807, 2.05) is 24.3 Å². The van der Waals surface area contributed by atoms with Gasteiger partial charge in [-0.25, -0.2) is 5.43 Å². The van der Waals surface area contributed by atoms with Gasteiger partial charge in [0.05, 0.1) is 19.0 Å². The molecule has 0 spiro atoms. The highest BCUT2D eigenvalue weighted by atomic mass is 16.5. The second-order valence-electron chi connectivity index (χ2n) is 4.90. The first-order valence-electron chi connectivity index (χ1n) is 7.11. The molecule has 120 valence electrons. The first-order valence-corrected chi connectivity index (χ1v) is 7.11. The number of para-hydroxylation sites is 2. The monoisotopic (exact) mass is 313 g/mol. The average Bonchev–Trinajstić information content (AvgIpc) is 2.55. The number of carbonyl (C=O) groups is 1. The highest BCUT2D eigenvalue weighted by Gasteiger charge is 2.13. The van der Waals surface area contributed by atoms with Gasteiger partial charge < -0.3 is 15.2 Å². The maximum Gasteiger partial charge on any atom is 0.262 e. The van der Waals surface area contributed by atoms with E-state index in [1.54, 1.807) is 38.3 Å². The Kier molecular flexibility index (Phi) is 5.57. The van der Waals surface area contributed by atoms with Gasteiger partial charge in [0.25, 0.3) is 5.91 Å². The van der Waals surface area contributed by atoms with E-state index < -0.39 is 6.04 Å². The number of hydrogen-bond donors (Lipinski definition) is 3. The fourth-order valence-corrected chi connectivity index (χ4v) is 1.94. The molecule has 0 fully saturated rings. The maximum absolute atomic E-state index is 12.0. The van der Waals surface area contributed by atoms with Crippen molar-refractivity contribution >= 4 is 17.8 Å². The molecule has 0 aliphatic rings. The van der Waals surface area contributed by atoms with Crippen LogP contribution in [0.3, 0.4) is 0 Å². The zero-order valence-electron chi connectivity index (χ0n) is 13.0. The highest BCUT2D eigenvalue weighted by molar-refractivity contribution is 5.86. The number of phenolic OH excluding ortho intramolecular Hbond substituents is 1. The summed E-state index contributed by atoms with van der Waals surface area (Å²) < 4.78 is 5.23. The van der Waals surface area contributed by atoms with Crippen LogP contribution in [0.1, 0.15) is 12.5 Å². The number of carbonyl (C=O) groups excluding carboxylic acids is 1. The molecular weight excluding hydrogens is 294 g/mol. The SMILES string of the molecule is COc1ccccc1N[C@@H](C)C(=O)N/N=C\c1cccc(O)c1. The minimum Gasteiger partial charge on any atom is -0.508 e. The number of benzene rings is 2. The van der Waals surface area contributed by atoms with Gasteiger partial charge in [0.15, 0.2) is 0 Å². The predicted octanol–water partition coefficient (Wildman–Crippen LogP) is 2.35. The summed E-state index contributed by atoms with van der Waals surface area (Å²) >= 11 is 0. The van der Waals surface area contributed by atoms with Crippen molar-refractivity contribution in [3.63, 3.8) is 0 Å². The van der Waals surface area contributed by atoms with Crippen molar-refractivity contribution < 1.29 is 14.6 Å². The van der Waals surface area contributed by atoms with Gasteiger partial charge in [-0.15, -0.1) is 0 Å². The molecule has 0 aromatic heterocycles. The molecule has 3 N–H and O–H groups in total. The summed E-state index contributed by atoms with van der Waals surface area (Å²) in [6.45, 7) is 1.73. The Morgan fingerprint density at radius 2 is 2.04 bits per heavy atom. The summed E-state index contributed by atoms with van der Waals surface area (Å²) in [6.07, 6.45) is 1.47. The summed E-state index contributed by atoms with van der Waals surface area (Å²) in [6, 6.07) is 13.4. The smallest absolute Gasteiger partial charge is 0.262 e. The van der Waals surface area contributed by atoms with Crippen LogP contribution in [0.25, 0.3) is 0 Å². The normalized spacial score (nSPS) is 11.9. The van der Waals surface area contributed by atoms with Crippen molar-refractivity contribution in [3.05, 3.63) is 54.1 Å². The van der Waals surface area contributed by atoms with Crippen molar-refractivity contribution in [2.45, 2.75) is 13.0 Å². The minimum atomic E-state index is -0.493. The molecule has 6 heteroatoms. The van der Waals surface area contributed by atoms with Gasteiger partial charge in [0.2, 0.25) is 0 Å². The van der Waals surface area contributed by atoms with E-state index in [0.717, 1.165) is 5.69 Å². The Bertz CT molecular complexity index is 701. The van der Waals surface area contributed by atoms with Crippen LogP contribution in [-0.2, 0) is 4.79 Å². The maximum atomic E-state index is 12.0. The van der Waals surface area contributed by atoms with Crippen molar-refractivity contribution in [2.75, 3.05) is 12.4 Å². The molecule has 0 heterocycles. The number of nitrogens with one attached hydrogen (secondary N) is 2. The first kappa shape index (κ1) is 16.4. The Hall–Kier alpha value is -3.02. The number of rotatable bonds is 6. The van der Waals surface area contributed by atoms with Gasteiger partial charge in [-0.05, 0) is 36.8 Å². The standard InChI is InChI=1S/C17H19N3O3/c1-12(19-15-8-3-4-9-16(15)23-2)17(22)20-18-11-13-6-5-7-14(21)10-13/h3-12,19,21H,1-2H3,(H,20,22)/b18-11-/t12-/m0/s1. The summed E-state index contributed by atoms with van der Waals surface area (Å²) in [5.74, 6) is 0.522. The van der Waals surface area contributed by atoms with E-state index in [0.29, 0.717) is 11.3 Å². The van der Waals surface area contributed by atoms with Gasteiger partial charge in [-0.1, -0.05) is 24.3 Å². The Labute approximate surface area is 134 Å². The second-order valence-corrected chi connectivity index (χ2v) is 4.90.